The Labute approximate surface area is 198 Å². The van der Waals surface area contributed by atoms with E-state index in [2.05, 4.69) is 0 Å². The number of carbonyl (C=O) groups is 1. The van der Waals surface area contributed by atoms with Gasteiger partial charge in [-0.1, -0.05) is 60.7 Å². The number of hydrogen-bond donors (Lipinski definition) is 1. The minimum Gasteiger partial charge on any atom is -0.502 e. The Morgan fingerprint density at radius 2 is 1.70 bits per heavy atom. The predicted molar refractivity (Wildman–Crippen MR) is 131 cm³/mol. The maximum atomic E-state index is 13.2. The van der Waals surface area contributed by atoms with Crippen LogP contribution in [0.5, 0.6) is 11.5 Å². The summed E-state index contributed by atoms with van der Waals surface area (Å²) in [4.78, 5) is 27.1. The highest BCUT2D eigenvalue weighted by Gasteiger charge is 2.37. The van der Waals surface area contributed by atoms with Crippen LogP contribution in [0.15, 0.2) is 83.8 Å². The number of carbonyl (C=O) groups excluding carboxylic acids is 1. The molecule has 0 saturated carbocycles. The van der Waals surface area contributed by atoms with Gasteiger partial charge in [0.2, 0.25) is 5.43 Å². The van der Waals surface area contributed by atoms with E-state index in [4.69, 9.17) is 4.74 Å². The maximum Gasteiger partial charge on any atom is 0.277 e. The number of fused-ring (bicyclic) bond motifs is 5. The number of nitrogens with zero attached hydrogens (tertiary/aromatic N) is 3. The highest BCUT2D eigenvalue weighted by atomic mass is 32.1. The Morgan fingerprint density at radius 3 is 2.52 bits per heavy atom. The van der Waals surface area contributed by atoms with E-state index < -0.39 is 11.2 Å². The van der Waals surface area contributed by atoms with E-state index in [-0.39, 0.29) is 37.8 Å². The number of rotatable bonds is 1. The molecule has 3 heterocycles. The monoisotopic (exact) mass is 463 g/mol. The van der Waals surface area contributed by atoms with Gasteiger partial charge in [-0.05, 0) is 18.1 Å². The van der Waals surface area contributed by atoms with Gasteiger partial charge in [-0.25, -0.2) is 0 Å². The summed E-state index contributed by atoms with van der Waals surface area (Å²) in [6.45, 7) is 1.17. The van der Waals surface area contributed by atoms with Crippen LogP contribution in [-0.2, 0) is 0 Å². The quantitative estimate of drug-likeness (QED) is 0.561. The summed E-state index contributed by atoms with van der Waals surface area (Å²) in [6, 6.07) is 18.7. The average molecular weight is 464 g/mol. The molecule has 1 aromatic heterocycles. The molecule has 0 unspecified atom stereocenters. The number of para-hydroxylation sites is 1. The van der Waals surface area contributed by atoms with Crippen molar-refractivity contribution in [3.63, 3.8) is 0 Å². The molecule has 33 heavy (non-hydrogen) atoms. The van der Waals surface area contributed by atoms with Crippen LogP contribution in [-0.4, -0.2) is 40.4 Å². The number of aromatic hydroxyl groups is 1. The van der Waals surface area contributed by atoms with Crippen LogP contribution in [0, 0.1) is 0 Å². The van der Waals surface area contributed by atoms with Crippen molar-refractivity contribution in [3.8, 4) is 11.5 Å². The summed E-state index contributed by atoms with van der Waals surface area (Å²) >= 11 is 0. The highest BCUT2D eigenvalue weighted by molar-refractivity contribution is 7.59. The van der Waals surface area contributed by atoms with Crippen LogP contribution in [0.25, 0.3) is 0 Å². The molecule has 5 rings (SSSR count). The largest absolute Gasteiger partial charge is 0.502 e. The Morgan fingerprint density at radius 1 is 0.939 bits per heavy atom. The molecule has 2 aliphatic heterocycles. The standard InChI is InChI=1S/C25H23N3O4.H2S/c29-20-13-15-27-23(24(20)30)25(31)26-14-7-2-8-16-32-21-12-6-5-11-19(21)22(28(27)17-26)18-9-3-1-4-10-18;/h1-6,8-13,15,22,30H,7,14,16-17H2;1H2/b8-2+;/t22-;/m0./s1. The molecular weight excluding hydrogens is 438 g/mol. The molecule has 0 aliphatic carbocycles. The van der Waals surface area contributed by atoms with Crippen molar-refractivity contribution >= 4 is 19.4 Å². The topological polar surface area (TPSA) is 75.0 Å². The molecule has 0 spiro atoms. The zero-order chi connectivity index (χ0) is 22.1. The Bertz CT molecular complexity index is 1240. The summed E-state index contributed by atoms with van der Waals surface area (Å²) < 4.78 is 7.70. The summed E-state index contributed by atoms with van der Waals surface area (Å²) in [5.41, 5.74) is 1.32. The molecule has 3 aromatic rings. The van der Waals surface area contributed by atoms with E-state index in [1.165, 1.54) is 6.07 Å². The second-order valence-electron chi connectivity index (χ2n) is 7.79. The zero-order valence-corrected chi connectivity index (χ0v) is 18.9. The van der Waals surface area contributed by atoms with Gasteiger partial charge in [-0.3, -0.25) is 19.3 Å². The SMILES string of the molecule is O=C1c2c(O)c(=O)ccn2N2CN1CC/C=C/COc1ccccc1[C@@H]2c1ccccc1.S. The van der Waals surface area contributed by atoms with E-state index in [1.54, 1.807) is 15.8 Å². The summed E-state index contributed by atoms with van der Waals surface area (Å²) in [7, 11) is 0. The van der Waals surface area contributed by atoms with Crippen LogP contribution in [0.1, 0.15) is 34.1 Å². The second-order valence-corrected chi connectivity index (χ2v) is 7.79. The van der Waals surface area contributed by atoms with Gasteiger partial charge in [0.25, 0.3) is 5.91 Å². The molecule has 1 atom stereocenters. The summed E-state index contributed by atoms with van der Waals surface area (Å²) in [5, 5.41) is 12.5. The second kappa shape index (κ2) is 9.46. The molecule has 2 bridgehead atoms. The third-order valence-electron chi connectivity index (χ3n) is 5.83. The normalized spacial score (nSPS) is 18.5. The van der Waals surface area contributed by atoms with E-state index in [0.717, 1.165) is 16.9 Å². The number of aromatic nitrogens is 1. The van der Waals surface area contributed by atoms with E-state index in [9.17, 15) is 14.7 Å². The van der Waals surface area contributed by atoms with Crippen molar-refractivity contribution < 1.29 is 14.6 Å². The number of ether oxygens (including phenoxy) is 1. The first-order valence-corrected chi connectivity index (χ1v) is 10.6. The molecule has 1 N–H and O–H groups in total. The fourth-order valence-corrected chi connectivity index (χ4v) is 4.31. The van der Waals surface area contributed by atoms with Gasteiger partial charge in [0.05, 0.1) is 0 Å². The van der Waals surface area contributed by atoms with Gasteiger partial charge in [-0.2, -0.15) is 13.5 Å². The van der Waals surface area contributed by atoms with Crippen LogP contribution in [0.2, 0.25) is 0 Å². The zero-order valence-electron chi connectivity index (χ0n) is 17.9. The van der Waals surface area contributed by atoms with Gasteiger partial charge in [-0.15, -0.1) is 0 Å². The lowest BCUT2D eigenvalue weighted by Gasteiger charge is -2.44. The van der Waals surface area contributed by atoms with E-state index in [1.807, 2.05) is 71.8 Å². The van der Waals surface area contributed by atoms with Crippen LogP contribution < -0.4 is 15.2 Å². The lowest BCUT2D eigenvalue weighted by atomic mass is 9.97. The highest BCUT2D eigenvalue weighted by Crippen LogP contribution is 2.36. The summed E-state index contributed by atoms with van der Waals surface area (Å²) in [6.07, 6.45) is 6.11. The van der Waals surface area contributed by atoms with Crippen molar-refractivity contribution in [1.29, 1.82) is 0 Å². The number of amides is 1. The lowest BCUT2D eigenvalue weighted by Crippen LogP contribution is -2.55. The van der Waals surface area contributed by atoms with Crippen LogP contribution in [0.4, 0.5) is 0 Å². The van der Waals surface area contributed by atoms with Crippen molar-refractivity contribution in [3.05, 3.63) is 106 Å². The van der Waals surface area contributed by atoms with E-state index in [0.29, 0.717) is 19.6 Å². The fraction of sp³-hybridized carbons (Fsp3) is 0.200. The number of pyridine rings is 1. The molecular formula is C25H25N3O4S. The third-order valence-corrected chi connectivity index (χ3v) is 5.83. The molecule has 8 heteroatoms. The molecule has 2 aliphatic rings. The number of benzene rings is 2. The van der Waals surface area contributed by atoms with Crippen molar-refractivity contribution in [2.45, 2.75) is 12.5 Å². The minimum atomic E-state index is -0.576. The Hall–Kier alpha value is -3.65. The molecule has 7 nitrogen and oxygen atoms in total. The molecule has 2 aromatic carbocycles. The predicted octanol–water partition coefficient (Wildman–Crippen LogP) is 3.15. The minimum absolute atomic E-state index is 0. The summed E-state index contributed by atoms with van der Waals surface area (Å²) in [5.74, 6) is -0.161. The van der Waals surface area contributed by atoms with Gasteiger partial charge < -0.3 is 14.7 Å². The van der Waals surface area contributed by atoms with Crippen molar-refractivity contribution in [2.24, 2.45) is 0 Å². The van der Waals surface area contributed by atoms with Crippen LogP contribution in [0.3, 0.4) is 0 Å². The fourth-order valence-electron chi connectivity index (χ4n) is 4.31. The van der Waals surface area contributed by atoms with Gasteiger partial charge in [0.1, 0.15) is 25.1 Å². The molecule has 170 valence electrons. The van der Waals surface area contributed by atoms with Crippen LogP contribution >= 0.6 is 13.5 Å². The smallest absolute Gasteiger partial charge is 0.277 e. The van der Waals surface area contributed by atoms with E-state index >= 15 is 0 Å². The average Bonchev–Trinajstić information content (AvgIpc) is 2.81. The van der Waals surface area contributed by atoms with Crippen molar-refractivity contribution in [2.75, 3.05) is 24.8 Å². The molecule has 1 amide bonds. The van der Waals surface area contributed by atoms with Gasteiger partial charge in [0, 0.05) is 24.4 Å². The molecule has 0 fully saturated rings. The van der Waals surface area contributed by atoms with Crippen molar-refractivity contribution in [1.82, 2.24) is 9.58 Å². The first-order chi connectivity index (χ1) is 15.6. The lowest BCUT2D eigenvalue weighted by molar-refractivity contribution is 0.0682. The first-order valence-electron chi connectivity index (χ1n) is 10.6. The Kier molecular flexibility index (Phi) is 6.46. The first kappa shape index (κ1) is 22.5. The number of hydrogen-bond acceptors (Lipinski definition) is 5. The Balaban J connectivity index is 0.00000259. The molecule has 0 radical (unpaired) electrons. The maximum absolute atomic E-state index is 13.2. The van der Waals surface area contributed by atoms with Gasteiger partial charge >= 0.3 is 0 Å². The third kappa shape index (κ3) is 4.09. The van der Waals surface area contributed by atoms with Gasteiger partial charge in [0.15, 0.2) is 11.4 Å². The molecule has 0 saturated heterocycles.